The lowest BCUT2D eigenvalue weighted by atomic mass is 10.0. The second-order valence-corrected chi connectivity index (χ2v) is 9.09. The van der Waals surface area contributed by atoms with E-state index < -0.39 is 5.72 Å². The van der Waals surface area contributed by atoms with Crippen molar-refractivity contribution in [1.82, 2.24) is 4.90 Å². The van der Waals surface area contributed by atoms with Gasteiger partial charge in [-0.05, 0) is 38.2 Å². The van der Waals surface area contributed by atoms with Gasteiger partial charge >= 0.3 is 0 Å². The molecule has 2 aliphatic heterocycles. The molecule has 0 aromatic carbocycles. The van der Waals surface area contributed by atoms with E-state index in [9.17, 15) is 5.11 Å². The van der Waals surface area contributed by atoms with Crippen molar-refractivity contribution in [3.05, 3.63) is 24.8 Å². The number of fused-ring (bicyclic) bond motifs is 1. The third kappa shape index (κ3) is 9.06. The maximum absolute atomic E-state index is 11.3. The number of nitrogens with zero attached hydrogens (tertiary/aromatic N) is 3. The highest BCUT2D eigenvalue weighted by atomic mass is 16.3. The summed E-state index contributed by atoms with van der Waals surface area (Å²) in [7, 11) is 0. The van der Waals surface area contributed by atoms with Crippen LogP contribution in [0.5, 0.6) is 0 Å². The zero-order valence-corrected chi connectivity index (χ0v) is 19.6. The lowest BCUT2D eigenvalue weighted by Gasteiger charge is -2.32. The molecule has 0 fully saturated rings. The molecule has 0 radical (unpaired) electrons. The highest BCUT2D eigenvalue weighted by Crippen LogP contribution is 2.30. The van der Waals surface area contributed by atoms with Gasteiger partial charge in [-0.2, -0.15) is 0 Å². The first kappa shape index (κ1) is 25.4. The van der Waals surface area contributed by atoms with E-state index in [0.717, 1.165) is 58.2 Å². The molecule has 176 valence electrons. The molecule has 0 bridgehead atoms. The van der Waals surface area contributed by atoms with Gasteiger partial charge in [0.2, 0.25) is 5.72 Å². The maximum Gasteiger partial charge on any atom is 0.274 e. The van der Waals surface area contributed by atoms with Crippen LogP contribution in [0.2, 0.25) is 0 Å². The molecule has 2 aliphatic rings. The van der Waals surface area contributed by atoms with E-state index in [4.69, 9.17) is 11.5 Å². The Labute approximate surface area is 189 Å². The van der Waals surface area contributed by atoms with Gasteiger partial charge in [-0.25, -0.2) is 4.90 Å². The molecule has 2 rings (SSSR count). The van der Waals surface area contributed by atoms with Gasteiger partial charge in [0.25, 0.3) is 5.84 Å². The lowest BCUT2D eigenvalue weighted by molar-refractivity contribution is -0.539. The van der Waals surface area contributed by atoms with Gasteiger partial charge in [0.1, 0.15) is 0 Å². The number of aliphatic hydroxyl groups is 1. The molecule has 0 spiro atoms. The van der Waals surface area contributed by atoms with E-state index in [1.807, 2.05) is 12.2 Å². The van der Waals surface area contributed by atoms with Gasteiger partial charge in [-0.15, -0.1) is 6.58 Å². The van der Waals surface area contributed by atoms with E-state index in [-0.39, 0.29) is 5.96 Å². The second-order valence-electron chi connectivity index (χ2n) is 9.09. The van der Waals surface area contributed by atoms with Crippen molar-refractivity contribution >= 4 is 11.8 Å². The van der Waals surface area contributed by atoms with Gasteiger partial charge in [0, 0.05) is 25.5 Å². The average molecular weight is 433 g/mol. The van der Waals surface area contributed by atoms with E-state index in [1.54, 1.807) is 0 Å². The minimum absolute atomic E-state index is 0.168. The first-order valence-electron chi connectivity index (χ1n) is 12.5. The second kappa shape index (κ2) is 14.3. The largest absolute Gasteiger partial charge is 0.370 e. The van der Waals surface area contributed by atoms with Gasteiger partial charge in [-0.1, -0.05) is 51.0 Å². The van der Waals surface area contributed by atoms with Crippen LogP contribution in [0.25, 0.3) is 0 Å². The predicted molar refractivity (Wildman–Crippen MR) is 131 cm³/mol. The van der Waals surface area contributed by atoms with Crippen molar-refractivity contribution < 1.29 is 9.68 Å². The molecule has 31 heavy (non-hydrogen) atoms. The number of allylic oxidation sites excluding steroid dienone is 1. The normalized spacial score (nSPS) is 20.2. The van der Waals surface area contributed by atoms with Crippen LogP contribution in [0, 0.1) is 0 Å². The Morgan fingerprint density at radius 1 is 1.06 bits per heavy atom. The third-order valence-electron chi connectivity index (χ3n) is 6.46. The summed E-state index contributed by atoms with van der Waals surface area (Å²) in [4.78, 5) is 6.27. The Morgan fingerprint density at radius 3 is 2.42 bits per heavy atom. The first-order chi connectivity index (χ1) is 15.1. The van der Waals surface area contributed by atoms with E-state index in [1.165, 1.54) is 57.2 Å². The van der Waals surface area contributed by atoms with Crippen LogP contribution < -0.4 is 11.5 Å². The molecular formula is C25H46N5O+. The molecule has 2 heterocycles. The number of hydrogen-bond acceptors (Lipinski definition) is 3. The van der Waals surface area contributed by atoms with Crippen LogP contribution in [-0.2, 0) is 0 Å². The minimum atomic E-state index is -0.794. The highest BCUT2D eigenvalue weighted by Gasteiger charge is 2.46. The summed E-state index contributed by atoms with van der Waals surface area (Å²) in [5, 5.41) is 11.3. The van der Waals surface area contributed by atoms with Gasteiger partial charge < -0.3 is 16.6 Å². The molecule has 0 saturated carbocycles. The van der Waals surface area contributed by atoms with E-state index in [0.29, 0.717) is 6.54 Å². The molecule has 1 atom stereocenters. The zero-order valence-electron chi connectivity index (χ0n) is 19.6. The Kier molecular flexibility index (Phi) is 11.7. The number of aliphatic imine (C=N–C) groups is 1. The molecule has 6 heteroatoms. The summed E-state index contributed by atoms with van der Waals surface area (Å²) in [6, 6.07) is 0. The van der Waals surface area contributed by atoms with Crippen LogP contribution in [-0.4, -0.2) is 58.3 Å². The molecule has 0 aromatic rings. The number of hydrogen-bond donors (Lipinski definition) is 3. The predicted octanol–water partition coefficient (Wildman–Crippen LogP) is 3.89. The van der Waals surface area contributed by atoms with Crippen molar-refractivity contribution in [2.75, 3.05) is 26.2 Å². The van der Waals surface area contributed by atoms with Crippen molar-refractivity contribution in [3.8, 4) is 0 Å². The van der Waals surface area contributed by atoms with E-state index >= 15 is 0 Å². The van der Waals surface area contributed by atoms with Crippen LogP contribution in [0.3, 0.4) is 0 Å². The first-order valence-corrected chi connectivity index (χ1v) is 12.5. The number of nitrogens with two attached hydrogens (primary N) is 2. The fraction of sp³-hybridized carbons (Fsp3) is 0.760. The van der Waals surface area contributed by atoms with Crippen molar-refractivity contribution in [3.63, 3.8) is 0 Å². The summed E-state index contributed by atoms with van der Waals surface area (Å²) in [6.07, 6.45) is 22.9. The quantitative estimate of drug-likeness (QED) is 0.107. The summed E-state index contributed by atoms with van der Waals surface area (Å²) in [5.74, 6) is 1.36. The average Bonchev–Trinajstić information content (AvgIpc) is 3.09. The fourth-order valence-electron chi connectivity index (χ4n) is 4.68. The van der Waals surface area contributed by atoms with Crippen LogP contribution in [0.15, 0.2) is 29.8 Å². The topological polar surface area (TPSA) is 90.9 Å². The van der Waals surface area contributed by atoms with Crippen LogP contribution in [0.4, 0.5) is 0 Å². The monoisotopic (exact) mass is 432 g/mol. The summed E-state index contributed by atoms with van der Waals surface area (Å²) >= 11 is 0. The van der Waals surface area contributed by atoms with Gasteiger partial charge in [-0.3, -0.25) is 9.57 Å². The Bertz CT molecular complexity index is 623. The molecule has 5 N–H and O–H groups in total. The molecule has 0 saturated heterocycles. The van der Waals surface area contributed by atoms with Gasteiger partial charge in [0.05, 0.1) is 19.6 Å². The van der Waals surface area contributed by atoms with Crippen molar-refractivity contribution in [1.29, 1.82) is 0 Å². The molecular weight excluding hydrogens is 386 g/mol. The standard InChI is InChI=1S/C25H46N5O/c1-2-3-4-5-6-7-8-9-10-11-12-17-25(31)18-16-23-29(21-15-22-30(23)25)20-14-13-19-28-24(26)27/h2,16,18,31H,1,3-15,17,19-22H2,(H4,26,27,28)/q+1. The number of guanidine groups is 1. The minimum Gasteiger partial charge on any atom is -0.370 e. The number of rotatable bonds is 17. The number of amidine groups is 1. The Balaban J connectivity index is 1.64. The Hall–Kier alpha value is -1.82. The maximum atomic E-state index is 11.3. The smallest absolute Gasteiger partial charge is 0.274 e. The van der Waals surface area contributed by atoms with Crippen molar-refractivity contribution in [2.24, 2.45) is 16.5 Å². The highest BCUT2D eigenvalue weighted by molar-refractivity contribution is 5.92. The van der Waals surface area contributed by atoms with Crippen molar-refractivity contribution in [2.45, 2.75) is 95.6 Å². The SMILES string of the molecule is C=CCCCCCCCCCCCC1(O)C=CC2=[N+](CCCCN=C(N)N)CCCN21. The lowest BCUT2D eigenvalue weighted by Crippen LogP contribution is -2.52. The summed E-state index contributed by atoms with van der Waals surface area (Å²) in [5.41, 5.74) is 9.98. The number of unbranched alkanes of at least 4 members (excludes halogenated alkanes) is 10. The zero-order chi connectivity index (χ0) is 22.4. The molecule has 0 aromatic heterocycles. The summed E-state index contributed by atoms with van der Waals surface area (Å²) < 4.78 is 2.41. The van der Waals surface area contributed by atoms with E-state index in [2.05, 4.69) is 27.1 Å². The fourth-order valence-corrected chi connectivity index (χ4v) is 4.68. The van der Waals surface area contributed by atoms with Gasteiger partial charge in [0.15, 0.2) is 5.96 Å². The Morgan fingerprint density at radius 2 is 1.74 bits per heavy atom. The molecule has 0 aliphatic carbocycles. The molecule has 6 nitrogen and oxygen atoms in total. The third-order valence-corrected chi connectivity index (χ3v) is 6.46. The van der Waals surface area contributed by atoms with Crippen LogP contribution >= 0.6 is 0 Å². The molecule has 1 unspecified atom stereocenters. The van der Waals surface area contributed by atoms with Crippen LogP contribution in [0.1, 0.15) is 89.9 Å². The molecule has 0 amide bonds. The summed E-state index contributed by atoms with van der Waals surface area (Å²) in [6.45, 7) is 7.45.